The second kappa shape index (κ2) is 6.19. The van der Waals surface area contributed by atoms with E-state index in [4.69, 9.17) is 0 Å². The lowest BCUT2D eigenvalue weighted by atomic mass is 10.1. The van der Waals surface area contributed by atoms with E-state index in [1.807, 2.05) is 16.7 Å². The molecular formula is C19H21N3O2S. The number of benzene rings is 1. The van der Waals surface area contributed by atoms with Crippen LogP contribution in [0.4, 0.5) is 0 Å². The smallest absolute Gasteiger partial charge is 0.319 e. The molecule has 2 heterocycles. The van der Waals surface area contributed by atoms with Gasteiger partial charge in [0, 0.05) is 6.20 Å². The Morgan fingerprint density at radius 3 is 2.44 bits per heavy atom. The van der Waals surface area contributed by atoms with E-state index in [1.54, 1.807) is 20.0 Å². The summed E-state index contributed by atoms with van der Waals surface area (Å²) in [5.41, 5.74) is 5.91. The lowest BCUT2D eigenvalue weighted by molar-refractivity contribution is -0.138. The molecular weight excluding hydrogens is 334 g/mol. The number of thioether (sulfide) groups is 1. The zero-order chi connectivity index (χ0) is 18.4. The molecule has 0 aliphatic carbocycles. The van der Waals surface area contributed by atoms with Gasteiger partial charge in [0.25, 0.3) is 0 Å². The molecule has 1 N–H and O–H groups in total. The molecule has 0 atom stereocenters. The van der Waals surface area contributed by atoms with E-state index in [0.29, 0.717) is 5.16 Å². The Balaban J connectivity index is 2.30. The minimum atomic E-state index is -0.994. The van der Waals surface area contributed by atoms with Gasteiger partial charge in [-0.2, -0.15) is 0 Å². The van der Waals surface area contributed by atoms with E-state index in [1.165, 1.54) is 17.3 Å². The zero-order valence-corrected chi connectivity index (χ0v) is 15.8. The third-order valence-corrected chi connectivity index (χ3v) is 5.25. The van der Waals surface area contributed by atoms with Gasteiger partial charge in [-0.05, 0) is 57.9 Å². The standard InChI is InChI=1S/C19H21N3O2S/c1-11-9-12(2)15(13(3)10-11)22-16-14(7-6-8-20-16)21-18(22)25-19(4,5)17(23)24/h6-10H,1-5H3,(H,23,24). The number of nitrogens with zero attached hydrogens (tertiary/aromatic N) is 3. The first-order valence-corrected chi connectivity index (χ1v) is 8.86. The first-order valence-electron chi connectivity index (χ1n) is 8.05. The van der Waals surface area contributed by atoms with Crippen molar-refractivity contribution in [1.29, 1.82) is 0 Å². The first kappa shape index (κ1) is 17.5. The number of carboxylic acids is 1. The lowest BCUT2D eigenvalue weighted by Crippen LogP contribution is -2.27. The molecule has 0 saturated heterocycles. The van der Waals surface area contributed by atoms with E-state index < -0.39 is 10.7 Å². The Kier molecular flexibility index (Phi) is 4.33. The number of aliphatic carboxylic acids is 1. The fourth-order valence-corrected chi connectivity index (χ4v) is 3.92. The molecule has 0 amide bonds. The molecule has 0 radical (unpaired) electrons. The van der Waals surface area contributed by atoms with Crippen LogP contribution in [0.3, 0.4) is 0 Å². The molecule has 0 saturated carbocycles. The van der Waals surface area contributed by atoms with Crippen molar-refractivity contribution >= 4 is 28.9 Å². The van der Waals surface area contributed by atoms with Crippen LogP contribution in [0.5, 0.6) is 0 Å². The van der Waals surface area contributed by atoms with E-state index in [9.17, 15) is 9.90 Å². The molecule has 2 aromatic heterocycles. The monoisotopic (exact) mass is 355 g/mol. The summed E-state index contributed by atoms with van der Waals surface area (Å²) in [4.78, 5) is 20.8. The minimum Gasteiger partial charge on any atom is -0.480 e. The average Bonchev–Trinajstić information content (AvgIpc) is 2.84. The number of rotatable bonds is 4. The van der Waals surface area contributed by atoms with Gasteiger partial charge in [-0.1, -0.05) is 29.5 Å². The van der Waals surface area contributed by atoms with Gasteiger partial charge in [0.15, 0.2) is 10.8 Å². The molecule has 3 rings (SSSR count). The summed E-state index contributed by atoms with van der Waals surface area (Å²) in [6.07, 6.45) is 1.73. The maximum absolute atomic E-state index is 11.6. The van der Waals surface area contributed by atoms with Crippen LogP contribution >= 0.6 is 11.8 Å². The minimum absolute atomic E-state index is 0.635. The first-order chi connectivity index (χ1) is 11.7. The van der Waals surface area contributed by atoms with E-state index >= 15 is 0 Å². The number of hydrogen-bond acceptors (Lipinski definition) is 4. The maximum Gasteiger partial charge on any atom is 0.319 e. The Bertz CT molecular complexity index is 953. The number of aromatic nitrogens is 3. The predicted molar refractivity (Wildman–Crippen MR) is 101 cm³/mol. The van der Waals surface area contributed by atoms with E-state index in [-0.39, 0.29) is 0 Å². The van der Waals surface area contributed by atoms with Crippen molar-refractivity contribution in [3.05, 3.63) is 47.2 Å². The Morgan fingerprint density at radius 2 is 1.84 bits per heavy atom. The molecule has 130 valence electrons. The Hall–Kier alpha value is -2.34. The van der Waals surface area contributed by atoms with Crippen LogP contribution in [-0.4, -0.2) is 30.4 Å². The van der Waals surface area contributed by atoms with Crippen LogP contribution in [0, 0.1) is 20.8 Å². The third kappa shape index (κ3) is 3.14. The highest BCUT2D eigenvalue weighted by Gasteiger charge is 2.32. The lowest BCUT2D eigenvalue weighted by Gasteiger charge is -2.20. The number of carboxylic acid groups (broad SMARTS) is 1. The van der Waals surface area contributed by atoms with E-state index in [0.717, 1.165) is 28.0 Å². The highest BCUT2D eigenvalue weighted by molar-refractivity contribution is 8.01. The Morgan fingerprint density at radius 1 is 1.20 bits per heavy atom. The van der Waals surface area contributed by atoms with Crippen molar-refractivity contribution in [2.45, 2.75) is 44.5 Å². The van der Waals surface area contributed by atoms with Gasteiger partial charge in [0.1, 0.15) is 10.3 Å². The number of pyridine rings is 1. The number of hydrogen-bond donors (Lipinski definition) is 1. The summed E-state index contributed by atoms with van der Waals surface area (Å²) in [6, 6.07) is 7.97. The number of imidazole rings is 1. The van der Waals surface area contributed by atoms with Crippen LogP contribution in [0.25, 0.3) is 16.9 Å². The number of carbonyl (C=O) groups is 1. The highest BCUT2D eigenvalue weighted by atomic mass is 32.2. The van der Waals surface area contributed by atoms with Crippen LogP contribution in [0.2, 0.25) is 0 Å². The van der Waals surface area contributed by atoms with Crippen molar-refractivity contribution in [3.63, 3.8) is 0 Å². The summed E-state index contributed by atoms with van der Waals surface area (Å²) in [5.74, 6) is -0.874. The summed E-state index contributed by atoms with van der Waals surface area (Å²) >= 11 is 1.24. The zero-order valence-electron chi connectivity index (χ0n) is 15.0. The summed E-state index contributed by atoms with van der Waals surface area (Å²) in [5, 5.41) is 10.1. The summed E-state index contributed by atoms with van der Waals surface area (Å²) < 4.78 is 0.987. The van der Waals surface area contributed by atoms with Gasteiger partial charge in [0.2, 0.25) is 0 Å². The van der Waals surface area contributed by atoms with Gasteiger partial charge in [-0.3, -0.25) is 9.36 Å². The van der Waals surface area contributed by atoms with Crippen LogP contribution < -0.4 is 0 Å². The van der Waals surface area contributed by atoms with Crippen molar-refractivity contribution < 1.29 is 9.90 Å². The van der Waals surface area contributed by atoms with Crippen LogP contribution in [-0.2, 0) is 4.79 Å². The molecule has 6 heteroatoms. The molecule has 0 aliphatic heterocycles. The van der Waals surface area contributed by atoms with Gasteiger partial charge in [-0.25, -0.2) is 9.97 Å². The SMILES string of the molecule is Cc1cc(C)c(-n2c(SC(C)(C)C(=O)O)nc3cccnc32)c(C)c1. The molecule has 0 spiro atoms. The van der Waals surface area contributed by atoms with Crippen molar-refractivity contribution in [2.75, 3.05) is 0 Å². The van der Waals surface area contributed by atoms with Gasteiger partial charge in [-0.15, -0.1) is 0 Å². The van der Waals surface area contributed by atoms with Crippen molar-refractivity contribution in [1.82, 2.24) is 14.5 Å². The van der Waals surface area contributed by atoms with Crippen LogP contribution in [0.1, 0.15) is 30.5 Å². The molecule has 25 heavy (non-hydrogen) atoms. The third-order valence-electron chi connectivity index (χ3n) is 4.11. The van der Waals surface area contributed by atoms with Crippen molar-refractivity contribution in [2.24, 2.45) is 0 Å². The van der Waals surface area contributed by atoms with Crippen molar-refractivity contribution in [3.8, 4) is 5.69 Å². The Labute approximate surface area is 151 Å². The summed E-state index contributed by atoms with van der Waals surface area (Å²) in [6.45, 7) is 9.55. The topological polar surface area (TPSA) is 68.0 Å². The second-order valence-corrected chi connectivity index (χ2v) is 8.33. The van der Waals surface area contributed by atoms with Crippen LogP contribution in [0.15, 0.2) is 35.6 Å². The second-order valence-electron chi connectivity index (χ2n) is 6.74. The van der Waals surface area contributed by atoms with E-state index in [2.05, 4.69) is 42.9 Å². The number of fused-ring (bicyclic) bond motifs is 1. The van der Waals surface area contributed by atoms with Gasteiger partial charge < -0.3 is 5.11 Å². The maximum atomic E-state index is 11.6. The van der Waals surface area contributed by atoms with Gasteiger partial charge >= 0.3 is 5.97 Å². The summed E-state index contributed by atoms with van der Waals surface area (Å²) in [7, 11) is 0. The normalized spacial score (nSPS) is 11.9. The molecule has 1 aromatic carbocycles. The largest absolute Gasteiger partial charge is 0.480 e. The molecule has 0 bridgehead atoms. The predicted octanol–water partition coefficient (Wildman–Crippen LogP) is 4.30. The molecule has 0 fully saturated rings. The fourth-order valence-electron chi connectivity index (χ4n) is 2.96. The molecule has 5 nitrogen and oxygen atoms in total. The molecule has 3 aromatic rings. The molecule has 0 unspecified atom stereocenters. The fraction of sp³-hybridized carbons (Fsp3) is 0.316. The van der Waals surface area contributed by atoms with Gasteiger partial charge in [0.05, 0.1) is 5.69 Å². The quantitative estimate of drug-likeness (QED) is 0.707. The molecule has 0 aliphatic rings. The number of aryl methyl sites for hydroxylation is 3. The highest BCUT2D eigenvalue weighted by Crippen LogP contribution is 2.37. The average molecular weight is 355 g/mol.